The molecule has 0 amide bonds. The maximum absolute atomic E-state index is 4.88. The van der Waals surface area contributed by atoms with E-state index >= 15 is 0 Å². The molecule has 0 saturated carbocycles. The second-order valence-corrected chi connectivity index (χ2v) is 8.47. The molecule has 1 aliphatic carbocycles. The number of nitrogens with zero attached hydrogens (tertiary/aromatic N) is 3. The van der Waals surface area contributed by atoms with Gasteiger partial charge in [0.15, 0.2) is 0 Å². The number of hydrogen-bond donors (Lipinski definition) is 1. The maximum atomic E-state index is 4.88. The first-order valence-corrected chi connectivity index (χ1v) is 10.3. The van der Waals surface area contributed by atoms with E-state index in [0.717, 1.165) is 25.2 Å². The molecule has 1 saturated heterocycles. The van der Waals surface area contributed by atoms with Crippen molar-refractivity contribution < 1.29 is 0 Å². The van der Waals surface area contributed by atoms with Crippen LogP contribution in [0.25, 0.3) is 10.2 Å². The molecule has 5 heteroatoms. The van der Waals surface area contributed by atoms with Crippen molar-refractivity contribution in [2.24, 2.45) is 0 Å². The predicted octanol–water partition coefficient (Wildman–Crippen LogP) is 4.28. The number of hydrogen-bond acceptors (Lipinski definition) is 4. The van der Waals surface area contributed by atoms with Crippen LogP contribution in [0.2, 0.25) is 0 Å². The Bertz CT molecular complexity index is 840. The van der Waals surface area contributed by atoms with E-state index in [1.807, 2.05) is 11.3 Å². The van der Waals surface area contributed by atoms with Crippen LogP contribution in [-0.2, 0) is 19.4 Å². The van der Waals surface area contributed by atoms with Crippen LogP contribution in [-0.4, -0.2) is 33.2 Å². The number of aromatic nitrogens is 3. The van der Waals surface area contributed by atoms with Crippen molar-refractivity contribution in [3.8, 4) is 0 Å². The average Bonchev–Trinajstić information content (AvgIpc) is 3.27. The summed E-state index contributed by atoms with van der Waals surface area (Å²) in [6, 6.07) is 8.51. The van der Waals surface area contributed by atoms with Gasteiger partial charge >= 0.3 is 0 Å². The highest BCUT2D eigenvalue weighted by molar-refractivity contribution is 7.18. The lowest BCUT2D eigenvalue weighted by molar-refractivity contribution is 0.202. The minimum atomic E-state index is 0.627. The van der Waals surface area contributed by atoms with E-state index in [1.165, 1.54) is 65.2 Å². The fourth-order valence-electron chi connectivity index (χ4n) is 4.29. The van der Waals surface area contributed by atoms with Gasteiger partial charge in [0.05, 0.1) is 20.9 Å². The summed E-state index contributed by atoms with van der Waals surface area (Å²) >= 11 is 1.88. The largest absolute Gasteiger partial charge is 0.297 e. The number of piperidine rings is 1. The first kappa shape index (κ1) is 15.5. The van der Waals surface area contributed by atoms with Gasteiger partial charge in [0.1, 0.15) is 0 Å². The smallest absolute Gasteiger partial charge is 0.0970 e. The molecular weight excluding hydrogens is 328 g/mol. The summed E-state index contributed by atoms with van der Waals surface area (Å²) in [4.78, 5) is 7.46. The lowest BCUT2D eigenvalue weighted by Gasteiger charge is -2.30. The Kier molecular flexibility index (Phi) is 4.06. The average molecular weight is 353 g/mol. The summed E-state index contributed by atoms with van der Waals surface area (Å²) in [6.07, 6.45) is 7.45. The van der Waals surface area contributed by atoms with Gasteiger partial charge in [-0.25, -0.2) is 4.98 Å². The first-order valence-electron chi connectivity index (χ1n) is 9.49. The SMILES string of the molecule is c1ccc2sc(C3CCN(Cc4n[nH]c5c4CCCC5)CC3)nc2c1. The summed E-state index contributed by atoms with van der Waals surface area (Å²) in [7, 11) is 0. The number of thiazole rings is 1. The fourth-order valence-corrected chi connectivity index (χ4v) is 5.43. The van der Waals surface area contributed by atoms with Crippen LogP contribution >= 0.6 is 11.3 Å². The summed E-state index contributed by atoms with van der Waals surface area (Å²) in [5.74, 6) is 0.627. The molecule has 1 aliphatic heterocycles. The van der Waals surface area contributed by atoms with Crippen molar-refractivity contribution in [1.82, 2.24) is 20.1 Å². The highest BCUT2D eigenvalue weighted by atomic mass is 32.1. The van der Waals surface area contributed by atoms with Crippen molar-refractivity contribution in [2.45, 2.75) is 51.0 Å². The molecule has 2 aliphatic rings. The normalized spacial score (nSPS) is 19.4. The third-order valence-electron chi connectivity index (χ3n) is 5.76. The zero-order valence-electron chi connectivity index (χ0n) is 14.5. The standard InChI is InChI=1S/C20H24N4S/c1-2-6-16-15(5-1)18(23-22-16)13-24-11-9-14(10-12-24)20-21-17-7-3-4-8-19(17)25-20/h3-4,7-8,14H,1-2,5-6,9-13H2,(H,22,23). The van der Waals surface area contributed by atoms with Gasteiger partial charge in [0.2, 0.25) is 0 Å². The van der Waals surface area contributed by atoms with Gasteiger partial charge in [-0.3, -0.25) is 10.00 Å². The van der Waals surface area contributed by atoms with E-state index in [2.05, 4.69) is 39.4 Å². The fraction of sp³-hybridized carbons (Fsp3) is 0.500. The number of benzene rings is 1. The number of likely N-dealkylation sites (tertiary alicyclic amines) is 1. The van der Waals surface area contributed by atoms with Crippen LogP contribution in [0.3, 0.4) is 0 Å². The van der Waals surface area contributed by atoms with Gasteiger partial charge in [-0.2, -0.15) is 5.10 Å². The van der Waals surface area contributed by atoms with E-state index in [0.29, 0.717) is 5.92 Å². The molecule has 2 aromatic heterocycles. The van der Waals surface area contributed by atoms with E-state index in [1.54, 1.807) is 0 Å². The Morgan fingerprint density at radius 3 is 2.84 bits per heavy atom. The Morgan fingerprint density at radius 2 is 1.96 bits per heavy atom. The van der Waals surface area contributed by atoms with Crippen molar-refractivity contribution in [3.05, 3.63) is 46.2 Å². The molecule has 3 heterocycles. The van der Waals surface area contributed by atoms with Crippen molar-refractivity contribution in [1.29, 1.82) is 0 Å². The number of fused-ring (bicyclic) bond motifs is 2. The summed E-state index contributed by atoms with van der Waals surface area (Å²) < 4.78 is 1.32. The number of aryl methyl sites for hydroxylation is 1. The van der Waals surface area contributed by atoms with Crippen molar-refractivity contribution in [3.63, 3.8) is 0 Å². The molecule has 1 N–H and O–H groups in total. The molecule has 1 fully saturated rings. The van der Waals surface area contributed by atoms with Crippen LogP contribution < -0.4 is 0 Å². The second-order valence-electron chi connectivity index (χ2n) is 7.40. The maximum Gasteiger partial charge on any atom is 0.0970 e. The third kappa shape index (κ3) is 3.00. The molecule has 0 atom stereocenters. The molecule has 25 heavy (non-hydrogen) atoms. The van der Waals surface area contributed by atoms with Crippen molar-refractivity contribution >= 4 is 21.6 Å². The number of rotatable bonds is 3. The Balaban J connectivity index is 1.24. The van der Waals surface area contributed by atoms with E-state index in [4.69, 9.17) is 4.98 Å². The van der Waals surface area contributed by atoms with Crippen LogP contribution in [0, 0.1) is 0 Å². The zero-order valence-corrected chi connectivity index (χ0v) is 15.3. The van der Waals surface area contributed by atoms with Crippen LogP contribution in [0.1, 0.15) is 53.6 Å². The zero-order chi connectivity index (χ0) is 16.6. The number of para-hydroxylation sites is 1. The molecule has 1 aromatic carbocycles. The quantitative estimate of drug-likeness (QED) is 0.765. The highest BCUT2D eigenvalue weighted by Gasteiger charge is 2.25. The molecule has 0 unspecified atom stereocenters. The molecule has 3 aromatic rings. The van der Waals surface area contributed by atoms with Crippen molar-refractivity contribution in [2.75, 3.05) is 13.1 Å². The topological polar surface area (TPSA) is 44.8 Å². The third-order valence-corrected chi connectivity index (χ3v) is 6.96. The molecular formula is C20H24N4S. The molecule has 4 nitrogen and oxygen atoms in total. The van der Waals surface area contributed by atoms with Gasteiger partial charge in [-0.15, -0.1) is 11.3 Å². The van der Waals surface area contributed by atoms with Gasteiger partial charge in [-0.1, -0.05) is 12.1 Å². The van der Waals surface area contributed by atoms with Gasteiger partial charge in [-0.05, 0) is 69.3 Å². The monoisotopic (exact) mass is 352 g/mol. The lowest BCUT2D eigenvalue weighted by Crippen LogP contribution is -2.32. The molecule has 5 rings (SSSR count). The van der Waals surface area contributed by atoms with E-state index in [-0.39, 0.29) is 0 Å². The highest BCUT2D eigenvalue weighted by Crippen LogP contribution is 2.34. The van der Waals surface area contributed by atoms with E-state index < -0.39 is 0 Å². The summed E-state index contributed by atoms with van der Waals surface area (Å²) in [5, 5.41) is 9.23. The number of H-pyrrole nitrogens is 1. The van der Waals surface area contributed by atoms with E-state index in [9.17, 15) is 0 Å². The molecule has 0 spiro atoms. The molecule has 130 valence electrons. The Morgan fingerprint density at radius 1 is 1.12 bits per heavy atom. The molecule has 0 radical (unpaired) electrons. The van der Waals surface area contributed by atoms with Crippen LogP contribution in [0.4, 0.5) is 0 Å². The first-order chi connectivity index (χ1) is 12.4. The number of nitrogens with one attached hydrogen (secondary N) is 1. The van der Waals surface area contributed by atoms with Crippen LogP contribution in [0.15, 0.2) is 24.3 Å². The number of aromatic amines is 1. The predicted molar refractivity (Wildman–Crippen MR) is 102 cm³/mol. The summed E-state index contributed by atoms with van der Waals surface area (Å²) in [5.41, 5.74) is 5.37. The lowest BCUT2D eigenvalue weighted by atomic mass is 9.94. The Labute approximate surface area is 152 Å². The Hall–Kier alpha value is -1.72. The molecule has 0 bridgehead atoms. The van der Waals surface area contributed by atoms with Crippen LogP contribution in [0.5, 0.6) is 0 Å². The minimum Gasteiger partial charge on any atom is -0.297 e. The summed E-state index contributed by atoms with van der Waals surface area (Å²) in [6.45, 7) is 3.32. The minimum absolute atomic E-state index is 0.627. The van der Waals surface area contributed by atoms with Gasteiger partial charge in [0.25, 0.3) is 0 Å². The second kappa shape index (κ2) is 6.54. The van der Waals surface area contributed by atoms with Gasteiger partial charge in [0, 0.05) is 18.2 Å². The van der Waals surface area contributed by atoms with Gasteiger partial charge < -0.3 is 0 Å².